The maximum absolute atomic E-state index is 13.1. The number of hydrogen-bond donors (Lipinski definition) is 3. The van der Waals surface area contributed by atoms with E-state index in [-0.39, 0.29) is 18.9 Å². The Balaban J connectivity index is 1.19. The van der Waals surface area contributed by atoms with Gasteiger partial charge in [-0.3, -0.25) is 4.79 Å². The molecule has 2 aromatic heterocycles. The summed E-state index contributed by atoms with van der Waals surface area (Å²) in [5, 5.41) is 15.7. The van der Waals surface area contributed by atoms with Crippen LogP contribution < -0.4 is 10.6 Å². The summed E-state index contributed by atoms with van der Waals surface area (Å²) in [5.41, 5.74) is 4.00. The number of rotatable bonds is 12. The lowest BCUT2D eigenvalue weighted by atomic mass is 9.91. The van der Waals surface area contributed by atoms with Crippen LogP contribution in [0.3, 0.4) is 0 Å². The molecule has 9 heteroatoms. The molecule has 1 saturated carbocycles. The molecule has 0 radical (unpaired) electrons. The number of nitrogens with zero attached hydrogens (tertiary/aromatic N) is 3. The van der Waals surface area contributed by atoms with Crippen LogP contribution in [0.25, 0.3) is 0 Å². The van der Waals surface area contributed by atoms with E-state index < -0.39 is 17.4 Å². The molecule has 9 nitrogen and oxygen atoms in total. The lowest BCUT2D eigenvalue weighted by Crippen LogP contribution is -2.46. The molecule has 1 amide bonds. The van der Waals surface area contributed by atoms with Crippen molar-refractivity contribution in [3.63, 3.8) is 0 Å². The number of unbranched alkanes of at least 4 members (excludes halogenated alkanes) is 1. The van der Waals surface area contributed by atoms with Crippen molar-refractivity contribution in [2.24, 2.45) is 0 Å². The molecule has 4 rings (SSSR count). The summed E-state index contributed by atoms with van der Waals surface area (Å²) in [5.74, 6) is -0.301. The van der Waals surface area contributed by atoms with Gasteiger partial charge in [0.2, 0.25) is 5.91 Å². The number of aliphatic carboxylic acids is 1. The first-order chi connectivity index (χ1) is 16.9. The van der Waals surface area contributed by atoms with Crippen LogP contribution in [-0.2, 0) is 32.6 Å². The number of hydrogen-bond acceptors (Lipinski definition) is 7. The van der Waals surface area contributed by atoms with Crippen LogP contribution in [0, 0.1) is 13.8 Å². The van der Waals surface area contributed by atoms with Crippen molar-refractivity contribution in [2.75, 3.05) is 25.1 Å². The third-order valence-corrected chi connectivity index (χ3v) is 6.97. The van der Waals surface area contributed by atoms with Crippen LogP contribution in [-0.4, -0.2) is 57.7 Å². The minimum Gasteiger partial charge on any atom is -0.480 e. The zero-order chi connectivity index (χ0) is 24.8. The fraction of sp³-hybridized carbons (Fsp3) is 0.577. The Hall–Kier alpha value is -3.07. The van der Waals surface area contributed by atoms with Crippen LogP contribution in [0.1, 0.15) is 66.7 Å². The fourth-order valence-corrected chi connectivity index (χ4v) is 4.88. The lowest BCUT2D eigenvalue weighted by Gasteiger charge is -2.22. The van der Waals surface area contributed by atoms with E-state index in [9.17, 15) is 14.7 Å². The van der Waals surface area contributed by atoms with Gasteiger partial charge >= 0.3 is 5.97 Å². The molecule has 1 atom stereocenters. The van der Waals surface area contributed by atoms with E-state index in [1.165, 1.54) is 11.9 Å². The third-order valence-electron chi connectivity index (χ3n) is 6.97. The average Bonchev–Trinajstić information content (AvgIpc) is 3.64. The van der Waals surface area contributed by atoms with Gasteiger partial charge in [0.1, 0.15) is 18.2 Å². The summed E-state index contributed by atoms with van der Waals surface area (Å²) >= 11 is 0. The topological polar surface area (TPSA) is 126 Å². The highest BCUT2D eigenvalue weighted by Crippen LogP contribution is 2.50. The number of aryl methyl sites for hydroxylation is 4. The molecule has 0 bridgehead atoms. The molecule has 0 aromatic carbocycles. The Morgan fingerprint density at radius 3 is 2.66 bits per heavy atom. The van der Waals surface area contributed by atoms with Gasteiger partial charge in [-0.15, -0.1) is 0 Å². The van der Waals surface area contributed by atoms with Crippen molar-refractivity contribution in [3.8, 4) is 0 Å². The Kier molecular flexibility index (Phi) is 7.95. The Morgan fingerprint density at radius 2 is 1.94 bits per heavy atom. The van der Waals surface area contributed by atoms with E-state index in [1.54, 1.807) is 0 Å². The first-order valence-electron chi connectivity index (χ1n) is 12.5. The second-order valence-corrected chi connectivity index (χ2v) is 9.56. The first-order valence-corrected chi connectivity index (χ1v) is 12.5. The molecule has 1 aliphatic heterocycles. The number of ether oxygens (including phenoxy) is 1. The largest absolute Gasteiger partial charge is 0.480 e. The van der Waals surface area contributed by atoms with E-state index in [1.807, 2.05) is 13.8 Å². The van der Waals surface area contributed by atoms with Crippen LogP contribution >= 0.6 is 0 Å². The van der Waals surface area contributed by atoms with E-state index in [0.717, 1.165) is 67.1 Å². The summed E-state index contributed by atoms with van der Waals surface area (Å²) in [6, 6.07) is 3.28. The molecule has 1 aliphatic carbocycles. The summed E-state index contributed by atoms with van der Waals surface area (Å²) in [4.78, 5) is 38.0. The quantitative estimate of drug-likeness (QED) is 0.395. The van der Waals surface area contributed by atoms with E-state index in [0.29, 0.717) is 19.4 Å². The highest BCUT2D eigenvalue weighted by molar-refractivity contribution is 5.94. The van der Waals surface area contributed by atoms with Gasteiger partial charge in [-0.2, -0.15) is 0 Å². The Bertz CT molecular complexity index is 1050. The number of carbonyl (C=O) groups is 2. The second kappa shape index (κ2) is 11.1. The van der Waals surface area contributed by atoms with Gasteiger partial charge in [-0.25, -0.2) is 19.7 Å². The van der Waals surface area contributed by atoms with Crippen molar-refractivity contribution in [2.45, 2.75) is 76.7 Å². The van der Waals surface area contributed by atoms with Crippen LogP contribution in [0.5, 0.6) is 0 Å². The van der Waals surface area contributed by atoms with Gasteiger partial charge in [-0.1, -0.05) is 6.07 Å². The van der Waals surface area contributed by atoms with E-state index in [2.05, 4.69) is 32.7 Å². The number of aromatic nitrogens is 3. The monoisotopic (exact) mass is 481 g/mol. The number of carboxylic acid groups (broad SMARTS) is 1. The maximum atomic E-state index is 13.1. The number of fused-ring (bicyclic) bond motifs is 1. The standard InChI is InChI=1S/C26H35N5O4/c1-17-22(18(2)29-16-28-17)26(11-12-26)25(34)31-21(24(32)33)10-15-35-14-4-3-7-20-9-8-19-6-5-13-27-23(19)30-20/h8-9,16,21H,3-7,10-15H2,1-2H3,(H,27,30)(H,31,34)(H,32,33)/t21-/m0/s1. The van der Waals surface area contributed by atoms with Crippen LogP contribution in [0.4, 0.5) is 5.82 Å². The number of amides is 1. The van der Waals surface area contributed by atoms with Gasteiger partial charge in [0.05, 0.1) is 5.41 Å². The molecule has 0 saturated heterocycles. The molecular formula is C26H35N5O4. The zero-order valence-electron chi connectivity index (χ0n) is 20.6. The number of pyridine rings is 1. The molecule has 2 aromatic rings. The lowest BCUT2D eigenvalue weighted by molar-refractivity contribution is -0.142. The highest BCUT2D eigenvalue weighted by Gasteiger charge is 2.54. The Morgan fingerprint density at radius 1 is 1.17 bits per heavy atom. The maximum Gasteiger partial charge on any atom is 0.326 e. The van der Waals surface area contributed by atoms with Crippen molar-refractivity contribution in [1.29, 1.82) is 0 Å². The number of carbonyl (C=O) groups excluding carboxylic acids is 1. The van der Waals surface area contributed by atoms with Crippen molar-refractivity contribution >= 4 is 17.7 Å². The molecule has 35 heavy (non-hydrogen) atoms. The molecule has 0 unspecified atom stereocenters. The van der Waals surface area contributed by atoms with Gasteiger partial charge in [0, 0.05) is 48.8 Å². The molecule has 188 valence electrons. The minimum atomic E-state index is -1.05. The fourth-order valence-electron chi connectivity index (χ4n) is 4.88. The van der Waals surface area contributed by atoms with Crippen molar-refractivity contribution in [3.05, 3.63) is 46.7 Å². The molecule has 2 aliphatic rings. The third kappa shape index (κ3) is 5.96. The normalized spacial score (nSPS) is 16.6. The molecule has 1 fully saturated rings. The predicted octanol–water partition coefficient (Wildman–Crippen LogP) is 2.88. The van der Waals surface area contributed by atoms with Gasteiger partial charge < -0.3 is 20.5 Å². The molecular weight excluding hydrogens is 446 g/mol. The minimum absolute atomic E-state index is 0.221. The van der Waals surface area contributed by atoms with Crippen LogP contribution in [0.2, 0.25) is 0 Å². The Labute approximate surface area is 206 Å². The average molecular weight is 482 g/mol. The number of carboxylic acids is 1. The van der Waals surface area contributed by atoms with E-state index in [4.69, 9.17) is 9.72 Å². The molecule has 3 heterocycles. The van der Waals surface area contributed by atoms with Gasteiger partial charge in [0.25, 0.3) is 0 Å². The molecule has 0 spiro atoms. The number of anilines is 1. The zero-order valence-corrected chi connectivity index (χ0v) is 20.6. The van der Waals surface area contributed by atoms with Crippen LogP contribution in [0.15, 0.2) is 18.5 Å². The predicted molar refractivity (Wildman–Crippen MR) is 131 cm³/mol. The molecule has 3 N–H and O–H groups in total. The SMILES string of the molecule is Cc1ncnc(C)c1C1(C(=O)N[C@@H](CCOCCCCc2ccc3c(n2)NCCC3)C(=O)O)CC1. The summed E-state index contributed by atoms with van der Waals surface area (Å²) in [6.45, 7) is 5.53. The van der Waals surface area contributed by atoms with E-state index >= 15 is 0 Å². The number of nitrogens with one attached hydrogen (secondary N) is 2. The summed E-state index contributed by atoms with van der Waals surface area (Å²) in [7, 11) is 0. The summed E-state index contributed by atoms with van der Waals surface area (Å²) < 4.78 is 5.68. The van der Waals surface area contributed by atoms with Crippen molar-refractivity contribution < 1.29 is 19.4 Å². The summed E-state index contributed by atoms with van der Waals surface area (Å²) in [6.07, 6.45) is 7.99. The smallest absolute Gasteiger partial charge is 0.326 e. The van der Waals surface area contributed by atoms with Crippen molar-refractivity contribution in [1.82, 2.24) is 20.3 Å². The van der Waals surface area contributed by atoms with Gasteiger partial charge in [0.15, 0.2) is 0 Å². The second-order valence-electron chi connectivity index (χ2n) is 9.56. The first kappa shape index (κ1) is 25.0. The van der Waals surface area contributed by atoms with Gasteiger partial charge in [-0.05, 0) is 70.4 Å². The highest BCUT2D eigenvalue weighted by atomic mass is 16.5.